The standard InChI is InChI=1S/C4H9BO3/c5-3-2-7-4(1-6)8-3/h3-4,6H,1-2,5H2/t3-,4-/m0/s1. The SMILES string of the molecule is B[C@@H]1CO[C@H](CO)O1. The van der Waals surface area contributed by atoms with E-state index in [0.29, 0.717) is 6.61 Å². The van der Waals surface area contributed by atoms with E-state index in [1.54, 1.807) is 0 Å². The Kier molecular flexibility index (Phi) is 1.88. The molecule has 0 bridgehead atoms. The van der Waals surface area contributed by atoms with E-state index >= 15 is 0 Å². The highest BCUT2D eigenvalue weighted by atomic mass is 16.7. The van der Waals surface area contributed by atoms with Crippen molar-refractivity contribution in [3.63, 3.8) is 0 Å². The van der Waals surface area contributed by atoms with Crippen molar-refractivity contribution in [2.24, 2.45) is 0 Å². The molecule has 1 rings (SSSR count). The van der Waals surface area contributed by atoms with Gasteiger partial charge in [0.1, 0.15) is 7.85 Å². The number of hydrogen-bond acceptors (Lipinski definition) is 3. The molecule has 46 valence electrons. The van der Waals surface area contributed by atoms with Gasteiger partial charge in [-0.15, -0.1) is 0 Å². The molecule has 0 amide bonds. The van der Waals surface area contributed by atoms with Crippen molar-refractivity contribution in [2.45, 2.75) is 12.3 Å². The average molecular weight is 116 g/mol. The third-order valence-corrected chi connectivity index (χ3v) is 1.05. The first-order valence-electron chi connectivity index (χ1n) is 2.71. The van der Waals surface area contributed by atoms with Crippen LogP contribution in [0.15, 0.2) is 0 Å². The van der Waals surface area contributed by atoms with E-state index in [-0.39, 0.29) is 18.9 Å². The Morgan fingerprint density at radius 2 is 2.50 bits per heavy atom. The van der Waals surface area contributed by atoms with E-state index in [1.165, 1.54) is 0 Å². The van der Waals surface area contributed by atoms with Crippen LogP contribution in [0.25, 0.3) is 0 Å². The highest BCUT2D eigenvalue weighted by Gasteiger charge is 2.20. The van der Waals surface area contributed by atoms with Crippen LogP contribution in [-0.2, 0) is 9.47 Å². The smallest absolute Gasteiger partial charge is 0.180 e. The second kappa shape index (κ2) is 2.48. The Hall–Kier alpha value is -0.0551. The second-order valence-corrected chi connectivity index (χ2v) is 1.89. The van der Waals surface area contributed by atoms with Crippen molar-refractivity contribution in [2.75, 3.05) is 13.2 Å². The fraction of sp³-hybridized carbons (Fsp3) is 1.00. The lowest BCUT2D eigenvalue weighted by Crippen LogP contribution is -2.15. The van der Waals surface area contributed by atoms with Gasteiger partial charge in [0.15, 0.2) is 6.29 Å². The summed E-state index contributed by atoms with van der Waals surface area (Å²) in [6.45, 7) is 0.565. The monoisotopic (exact) mass is 116 g/mol. The first-order valence-corrected chi connectivity index (χ1v) is 2.71. The second-order valence-electron chi connectivity index (χ2n) is 1.89. The highest BCUT2D eigenvalue weighted by Crippen LogP contribution is 2.06. The van der Waals surface area contributed by atoms with Gasteiger partial charge in [0, 0.05) is 0 Å². The molecule has 1 fully saturated rings. The fourth-order valence-corrected chi connectivity index (χ4v) is 0.676. The van der Waals surface area contributed by atoms with Crippen molar-refractivity contribution in [1.29, 1.82) is 0 Å². The molecule has 2 atom stereocenters. The molecule has 4 heteroatoms. The molecular formula is C4H9BO3. The van der Waals surface area contributed by atoms with Crippen LogP contribution in [0.2, 0.25) is 0 Å². The third-order valence-electron chi connectivity index (χ3n) is 1.05. The van der Waals surface area contributed by atoms with Gasteiger partial charge in [0.25, 0.3) is 0 Å². The van der Waals surface area contributed by atoms with Crippen LogP contribution in [0.1, 0.15) is 0 Å². The molecule has 1 aliphatic rings. The van der Waals surface area contributed by atoms with E-state index in [9.17, 15) is 0 Å². The summed E-state index contributed by atoms with van der Waals surface area (Å²) in [5.41, 5.74) is 0. The van der Waals surface area contributed by atoms with Crippen molar-refractivity contribution in [3.8, 4) is 0 Å². The molecule has 1 aliphatic heterocycles. The van der Waals surface area contributed by atoms with Crippen LogP contribution in [0.5, 0.6) is 0 Å². The van der Waals surface area contributed by atoms with Gasteiger partial charge >= 0.3 is 0 Å². The van der Waals surface area contributed by atoms with Crippen LogP contribution in [-0.4, -0.2) is 38.5 Å². The maximum atomic E-state index is 8.43. The minimum absolute atomic E-state index is 0.0374. The number of hydrogen-bond donors (Lipinski definition) is 1. The Bertz CT molecular complexity index is 77.7. The first-order chi connectivity index (χ1) is 3.83. The Labute approximate surface area is 49.0 Å². The summed E-state index contributed by atoms with van der Waals surface area (Å²) < 4.78 is 9.98. The zero-order valence-electron chi connectivity index (χ0n) is 4.83. The number of aliphatic hydroxyl groups is 1. The lowest BCUT2D eigenvalue weighted by Gasteiger charge is -2.03. The molecule has 0 saturated carbocycles. The molecule has 0 aromatic carbocycles. The summed E-state index contributed by atoms with van der Waals surface area (Å²) in [6.07, 6.45) is -0.370. The Morgan fingerprint density at radius 3 is 2.75 bits per heavy atom. The predicted molar refractivity (Wildman–Crippen MR) is 30.2 cm³/mol. The van der Waals surface area contributed by atoms with Gasteiger partial charge in [-0.05, 0) is 0 Å². The zero-order chi connectivity index (χ0) is 5.98. The minimum atomic E-state index is -0.370. The molecule has 1 heterocycles. The largest absolute Gasteiger partial charge is 0.391 e. The highest BCUT2D eigenvalue weighted by molar-refractivity contribution is 6.11. The van der Waals surface area contributed by atoms with Crippen molar-refractivity contribution < 1.29 is 14.6 Å². The molecule has 8 heavy (non-hydrogen) atoms. The molecule has 1 N–H and O–H groups in total. The van der Waals surface area contributed by atoms with Gasteiger partial charge in [-0.2, -0.15) is 0 Å². The van der Waals surface area contributed by atoms with E-state index in [0.717, 1.165) is 0 Å². The van der Waals surface area contributed by atoms with E-state index < -0.39 is 0 Å². The topological polar surface area (TPSA) is 38.7 Å². The summed E-state index contributed by atoms with van der Waals surface area (Å²) in [7, 11) is 1.91. The zero-order valence-corrected chi connectivity index (χ0v) is 4.83. The molecule has 0 spiro atoms. The number of ether oxygens (including phenoxy) is 2. The van der Waals surface area contributed by atoms with Gasteiger partial charge in [0.2, 0.25) is 0 Å². The number of aliphatic hydroxyl groups excluding tert-OH is 1. The summed E-state index contributed by atoms with van der Waals surface area (Å²) in [4.78, 5) is 0. The first kappa shape index (κ1) is 6.07. The van der Waals surface area contributed by atoms with E-state index in [2.05, 4.69) is 0 Å². The van der Waals surface area contributed by atoms with Crippen molar-refractivity contribution >= 4 is 7.85 Å². The van der Waals surface area contributed by atoms with Crippen molar-refractivity contribution in [1.82, 2.24) is 0 Å². The van der Waals surface area contributed by atoms with Crippen LogP contribution < -0.4 is 0 Å². The third kappa shape index (κ3) is 1.21. The maximum absolute atomic E-state index is 8.43. The quantitative estimate of drug-likeness (QED) is 0.415. The van der Waals surface area contributed by atoms with Gasteiger partial charge in [-0.3, -0.25) is 0 Å². The maximum Gasteiger partial charge on any atom is 0.180 e. The summed E-state index contributed by atoms with van der Waals surface area (Å²) in [5.74, 6) is 0. The summed E-state index contributed by atoms with van der Waals surface area (Å²) in [5, 5.41) is 8.43. The van der Waals surface area contributed by atoms with Gasteiger partial charge < -0.3 is 14.6 Å². The van der Waals surface area contributed by atoms with Crippen LogP contribution in [0.3, 0.4) is 0 Å². The molecule has 0 aromatic heterocycles. The predicted octanol–water partition coefficient (Wildman–Crippen LogP) is -1.69. The lowest BCUT2D eigenvalue weighted by molar-refractivity contribution is -0.0789. The van der Waals surface area contributed by atoms with E-state index in [1.807, 2.05) is 7.85 Å². The Morgan fingerprint density at radius 1 is 1.75 bits per heavy atom. The van der Waals surface area contributed by atoms with E-state index in [4.69, 9.17) is 14.6 Å². The van der Waals surface area contributed by atoms with Crippen molar-refractivity contribution in [3.05, 3.63) is 0 Å². The van der Waals surface area contributed by atoms with Gasteiger partial charge in [-0.1, -0.05) is 0 Å². The van der Waals surface area contributed by atoms with Gasteiger partial charge in [0.05, 0.1) is 19.2 Å². The molecule has 0 unspecified atom stereocenters. The lowest BCUT2D eigenvalue weighted by atomic mass is 10.0. The molecule has 0 aliphatic carbocycles. The normalized spacial score (nSPS) is 38.1. The summed E-state index contributed by atoms with van der Waals surface area (Å²) in [6, 6.07) is 0.146. The van der Waals surface area contributed by atoms with Gasteiger partial charge in [-0.25, -0.2) is 0 Å². The average Bonchev–Trinajstić information content (AvgIpc) is 2.14. The van der Waals surface area contributed by atoms with Crippen LogP contribution in [0.4, 0.5) is 0 Å². The number of rotatable bonds is 1. The van der Waals surface area contributed by atoms with Crippen LogP contribution in [0, 0.1) is 0 Å². The van der Waals surface area contributed by atoms with Crippen LogP contribution >= 0.6 is 0 Å². The molecular weight excluding hydrogens is 107 g/mol. The fourth-order valence-electron chi connectivity index (χ4n) is 0.676. The molecule has 0 radical (unpaired) electrons. The molecule has 1 saturated heterocycles. The molecule has 0 aromatic rings. The minimum Gasteiger partial charge on any atom is -0.391 e. The molecule has 3 nitrogen and oxygen atoms in total. The Balaban J connectivity index is 2.22. The summed E-state index contributed by atoms with van der Waals surface area (Å²) >= 11 is 0.